The maximum Gasteiger partial charge on any atom is 0.259 e. The number of morpholine rings is 1. The van der Waals surface area contributed by atoms with Crippen molar-refractivity contribution in [3.8, 4) is 0 Å². The van der Waals surface area contributed by atoms with Crippen molar-refractivity contribution in [2.75, 3.05) is 13.1 Å². The highest BCUT2D eigenvalue weighted by atomic mass is 16.5. The molecule has 0 radical (unpaired) electrons. The summed E-state index contributed by atoms with van der Waals surface area (Å²) < 4.78 is 5.93. The number of H-pyrrole nitrogens is 1. The summed E-state index contributed by atoms with van der Waals surface area (Å²) in [6.45, 7) is 8.74. The van der Waals surface area contributed by atoms with Crippen LogP contribution in [0.4, 0.5) is 0 Å². The lowest BCUT2D eigenvalue weighted by Crippen LogP contribution is -2.59. The number of nitrogens with one attached hydrogen (secondary N) is 1. The van der Waals surface area contributed by atoms with Gasteiger partial charge in [-0.1, -0.05) is 0 Å². The Hall–Kier alpha value is -1.62. The number of hydrogen-bond donors (Lipinski definition) is 1. The molecule has 1 aliphatic heterocycles. The number of aromatic nitrogens is 1. The molecule has 0 spiro atoms. The molecule has 0 atom stereocenters. The minimum atomic E-state index is -0.418. The number of aromatic amines is 1. The Morgan fingerprint density at radius 1 is 1.26 bits per heavy atom. The molecule has 1 N–H and O–H groups in total. The van der Waals surface area contributed by atoms with Crippen molar-refractivity contribution in [2.45, 2.75) is 38.9 Å². The number of amides is 1. The summed E-state index contributed by atoms with van der Waals surface area (Å²) in [6.07, 6.45) is 2.98. The smallest absolute Gasteiger partial charge is 0.259 e. The molecule has 2 heterocycles. The van der Waals surface area contributed by atoms with Gasteiger partial charge in [0.1, 0.15) is 5.56 Å². The fourth-order valence-corrected chi connectivity index (χ4v) is 2.68. The number of carbonyl (C=O) groups excluding carboxylic acids is 1. The maximum atomic E-state index is 12.4. The molecule has 0 aliphatic carbocycles. The molecule has 1 aliphatic rings. The molecule has 1 aromatic rings. The van der Waals surface area contributed by atoms with E-state index in [0.717, 1.165) is 0 Å². The average Bonchev–Trinajstić information content (AvgIpc) is 2.24. The molecule has 1 aromatic heterocycles. The van der Waals surface area contributed by atoms with Crippen LogP contribution in [0.3, 0.4) is 0 Å². The van der Waals surface area contributed by atoms with Crippen LogP contribution >= 0.6 is 0 Å². The quantitative estimate of drug-likeness (QED) is 0.834. The Balaban J connectivity index is 2.29. The second kappa shape index (κ2) is 4.49. The molecule has 104 valence electrons. The zero-order chi connectivity index (χ0) is 14.3. The lowest BCUT2D eigenvalue weighted by molar-refractivity contribution is -0.171. The predicted octanol–water partition coefficient (Wildman–Crippen LogP) is 1.40. The van der Waals surface area contributed by atoms with E-state index in [0.29, 0.717) is 13.1 Å². The van der Waals surface area contributed by atoms with Crippen molar-refractivity contribution < 1.29 is 9.53 Å². The average molecular weight is 264 g/mol. The number of rotatable bonds is 1. The van der Waals surface area contributed by atoms with Crippen molar-refractivity contribution in [1.29, 1.82) is 0 Å². The zero-order valence-electron chi connectivity index (χ0n) is 11.8. The largest absolute Gasteiger partial charge is 0.367 e. The number of ether oxygens (including phenoxy) is 1. The Morgan fingerprint density at radius 3 is 2.37 bits per heavy atom. The van der Waals surface area contributed by atoms with Crippen LogP contribution in [0.2, 0.25) is 0 Å². The number of nitrogens with zero attached hydrogens (tertiary/aromatic N) is 1. The second-order valence-electron chi connectivity index (χ2n) is 6.20. The van der Waals surface area contributed by atoms with Gasteiger partial charge in [0.25, 0.3) is 5.91 Å². The first-order chi connectivity index (χ1) is 8.70. The van der Waals surface area contributed by atoms with E-state index in [-0.39, 0.29) is 16.9 Å². The summed E-state index contributed by atoms with van der Waals surface area (Å²) in [5.41, 5.74) is -0.917. The Labute approximate surface area is 112 Å². The van der Waals surface area contributed by atoms with Gasteiger partial charge >= 0.3 is 0 Å². The van der Waals surface area contributed by atoms with Crippen LogP contribution in [-0.4, -0.2) is 40.1 Å². The van der Waals surface area contributed by atoms with Gasteiger partial charge in [-0.3, -0.25) is 9.59 Å². The number of carbonyl (C=O) groups is 1. The van der Waals surface area contributed by atoms with Crippen molar-refractivity contribution >= 4 is 5.91 Å². The van der Waals surface area contributed by atoms with E-state index in [9.17, 15) is 9.59 Å². The third kappa shape index (κ3) is 3.04. The van der Waals surface area contributed by atoms with Crippen LogP contribution in [0.5, 0.6) is 0 Å². The van der Waals surface area contributed by atoms with Crippen LogP contribution < -0.4 is 5.43 Å². The van der Waals surface area contributed by atoms with Crippen molar-refractivity contribution in [3.05, 3.63) is 34.2 Å². The van der Waals surface area contributed by atoms with E-state index in [4.69, 9.17) is 4.74 Å². The van der Waals surface area contributed by atoms with Gasteiger partial charge in [0, 0.05) is 31.5 Å². The molecule has 1 amide bonds. The highest BCUT2D eigenvalue weighted by molar-refractivity contribution is 5.94. The van der Waals surface area contributed by atoms with Gasteiger partial charge in [0.2, 0.25) is 0 Å². The first-order valence-corrected chi connectivity index (χ1v) is 6.37. The lowest BCUT2D eigenvalue weighted by Gasteiger charge is -2.47. The molecule has 0 unspecified atom stereocenters. The third-order valence-corrected chi connectivity index (χ3v) is 3.04. The maximum absolute atomic E-state index is 12.4. The Kier molecular flexibility index (Phi) is 3.26. The molecular formula is C14H20N2O3. The van der Waals surface area contributed by atoms with Crippen LogP contribution in [0, 0.1) is 0 Å². The van der Waals surface area contributed by atoms with Crippen molar-refractivity contribution in [2.24, 2.45) is 0 Å². The third-order valence-electron chi connectivity index (χ3n) is 3.04. The fraction of sp³-hybridized carbons (Fsp3) is 0.571. The van der Waals surface area contributed by atoms with Gasteiger partial charge in [-0.2, -0.15) is 0 Å². The number of pyridine rings is 1. The summed E-state index contributed by atoms with van der Waals surface area (Å²) >= 11 is 0. The van der Waals surface area contributed by atoms with Crippen LogP contribution in [0.1, 0.15) is 38.1 Å². The van der Waals surface area contributed by atoms with Crippen LogP contribution in [-0.2, 0) is 4.74 Å². The van der Waals surface area contributed by atoms with Crippen LogP contribution in [0.25, 0.3) is 0 Å². The predicted molar refractivity (Wildman–Crippen MR) is 72.2 cm³/mol. The highest BCUT2D eigenvalue weighted by Crippen LogP contribution is 2.28. The monoisotopic (exact) mass is 264 g/mol. The Morgan fingerprint density at radius 2 is 1.84 bits per heavy atom. The molecule has 0 aromatic carbocycles. The zero-order valence-corrected chi connectivity index (χ0v) is 11.8. The van der Waals surface area contributed by atoms with E-state index in [1.165, 1.54) is 18.5 Å². The van der Waals surface area contributed by atoms with E-state index in [2.05, 4.69) is 4.98 Å². The molecular weight excluding hydrogens is 244 g/mol. The van der Waals surface area contributed by atoms with E-state index in [1.54, 1.807) is 4.90 Å². The van der Waals surface area contributed by atoms with E-state index in [1.807, 2.05) is 27.7 Å². The standard InChI is InChI=1S/C14H20N2O3/c1-13(2)8-16(9-14(3,4)19-13)12(18)10-7-15-6-5-11(10)17/h5-7H,8-9H2,1-4H3,(H,15,17). The lowest BCUT2D eigenvalue weighted by atomic mass is 9.98. The molecule has 1 fully saturated rings. The molecule has 5 heteroatoms. The van der Waals surface area contributed by atoms with Gasteiger partial charge in [-0.15, -0.1) is 0 Å². The number of hydrogen-bond acceptors (Lipinski definition) is 3. The summed E-state index contributed by atoms with van der Waals surface area (Å²) in [7, 11) is 0. The van der Waals surface area contributed by atoms with Crippen LogP contribution in [0.15, 0.2) is 23.3 Å². The minimum absolute atomic E-state index is 0.177. The summed E-state index contributed by atoms with van der Waals surface area (Å²) in [4.78, 5) is 28.6. The van der Waals surface area contributed by atoms with Gasteiger partial charge < -0.3 is 14.6 Å². The first-order valence-electron chi connectivity index (χ1n) is 6.37. The van der Waals surface area contributed by atoms with E-state index < -0.39 is 11.2 Å². The second-order valence-corrected chi connectivity index (χ2v) is 6.20. The van der Waals surface area contributed by atoms with Crippen molar-refractivity contribution in [1.82, 2.24) is 9.88 Å². The molecule has 1 saturated heterocycles. The van der Waals surface area contributed by atoms with Gasteiger partial charge in [0.15, 0.2) is 5.43 Å². The summed E-state index contributed by atoms with van der Waals surface area (Å²) in [5, 5.41) is 0. The molecule has 0 bridgehead atoms. The van der Waals surface area contributed by atoms with Gasteiger partial charge in [-0.05, 0) is 27.7 Å². The fourth-order valence-electron chi connectivity index (χ4n) is 2.68. The summed E-state index contributed by atoms with van der Waals surface area (Å²) in [5.74, 6) is -0.244. The SMILES string of the molecule is CC1(C)CN(C(=O)c2c[nH]ccc2=O)CC(C)(C)O1. The van der Waals surface area contributed by atoms with Gasteiger partial charge in [0.05, 0.1) is 11.2 Å². The topological polar surface area (TPSA) is 62.4 Å². The van der Waals surface area contributed by atoms with E-state index >= 15 is 0 Å². The Bertz CT molecular complexity index is 530. The first kappa shape index (κ1) is 13.8. The molecule has 19 heavy (non-hydrogen) atoms. The minimum Gasteiger partial charge on any atom is -0.367 e. The molecule has 5 nitrogen and oxygen atoms in total. The molecule has 2 rings (SSSR count). The van der Waals surface area contributed by atoms with Crippen molar-refractivity contribution in [3.63, 3.8) is 0 Å². The van der Waals surface area contributed by atoms with Gasteiger partial charge in [-0.25, -0.2) is 0 Å². The summed E-state index contributed by atoms with van der Waals surface area (Å²) in [6, 6.07) is 1.37. The normalized spacial score (nSPS) is 21.2. The molecule has 0 saturated carbocycles. The highest BCUT2D eigenvalue weighted by Gasteiger charge is 2.40.